The molecular formula is C33H36BrN5O5. The number of fused-ring (bicyclic) bond motifs is 1. The lowest BCUT2D eigenvalue weighted by molar-refractivity contribution is -0.131. The molecule has 0 aliphatic carbocycles. The predicted octanol–water partition coefficient (Wildman–Crippen LogP) is 3.89. The van der Waals surface area contributed by atoms with Crippen LogP contribution in [0.2, 0.25) is 0 Å². The zero-order valence-electron chi connectivity index (χ0n) is 24.8. The average Bonchev–Trinajstić information content (AvgIpc) is 3.02. The Hall–Kier alpha value is -4.06. The van der Waals surface area contributed by atoms with Crippen LogP contribution in [0.1, 0.15) is 22.3 Å². The Bertz CT molecular complexity index is 1660. The van der Waals surface area contributed by atoms with E-state index in [0.717, 1.165) is 29.8 Å². The first-order valence-electron chi connectivity index (χ1n) is 14.6. The molecule has 2 heterocycles. The maximum absolute atomic E-state index is 13.7. The highest BCUT2D eigenvalue weighted by Gasteiger charge is 2.25. The molecule has 1 saturated heterocycles. The van der Waals surface area contributed by atoms with Crippen molar-refractivity contribution in [3.05, 3.63) is 104 Å². The van der Waals surface area contributed by atoms with Crippen molar-refractivity contribution >= 4 is 44.7 Å². The number of rotatable bonds is 11. The first kappa shape index (κ1) is 31.4. The fraction of sp³-hybridized carbons (Fsp3) is 0.333. The second kappa shape index (κ2) is 14.6. The van der Waals surface area contributed by atoms with E-state index in [1.165, 1.54) is 0 Å². The molecule has 230 valence electrons. The molecule has 44 heavy (non-hydrogen) atoms. The SMILES string of the molecule is Cc1c(CNC(=O)CN2CCOCC2)cc(Br)c2nc(NC(Cc3ccccc3)C(=O)N(C)Cc3ccccc3)oc(=O)c12. The molecule has 0 saturated carbocycles. The normalized spacial score (nSPS) is 14.2. The molecule has 0 spiro atoms. The molecule has 10 nitrogen and oxygen atoms in total. The maximum Gasteiger partial charge on any atom is 0.348 e. The summed E-state index contributed by atoms with van der Waals surface area (Å²) in [6.07, 6.45) is 0.367. The molecule has 1 aliphatic rings. The lowest BCUT2D eigenvalue weighted by Crippen LogP contribution is -2.43. The smallest absolute Gasteiger partial charge is 0.348 e. The summed E-state index contributed by atoms with van der Waals surface area (Å²) in [5.74, 6) is -0.265. The van der Waals surface area contributed by atoms with Crippen LogP contribution in [0.3, 0.4) is 0 Å². The van der Waals surface area contributed by atoms with Crippen molar-refractivity contribution < 1.29 is 18.7 Å². The molecule has 1 fully saturated rings. The molecule has 11 heteroatoms. The molecule has 1 unspecified atom stereocenters. The number of amides is 2. The minimum absolute atomic E-state index is 0.0449. The molecule has 2 amide bonds. The summed E-state index contributed by atoms with van der Waals surface area (Å²) in [6, 6.07) is 20.5. The van der Waals surface area contributed by atoms with E-state index in [1.54, 1.807) is 11.9 Å². The van der Waals surface area contributed by atoms with Gasteiger partial charge in [0.2, 0.25) is 11.8 Å². The van der Waals surface area contributed by atoms with Gasteiger partial charge in [-0.05, 0) is 51.2 Å². The summed E-state index contributed by atoms with van der Waals surface area (Å²) in [6.45, 7) is 5.47. The number of anilines is 1. The van der Waals surface area contributed by atoms with Gasteiger partial charge in [-0.25, -0.2) is 4.79 Å². The van der Waals surface area contributed by atoms with E-state index in [-0.39, 0.29) is 24.4 Å². The molecule has 0 bridgehead atoms. The lowest BCUT2D eigenvalue weighted by Gasteiger charge is -2.25. The fourth-order valence-electron chi connectivity index (χ4n) is 5.27. The van der Waals surface area contributed by atoms with Gasteiger partial charge in [-0.15, -0.1) is 0 Å². The van der Waals surface area contributed by atoms with E-state index in [9.17, 15) is 14.4 Å². The number of ether oxygens (including phenoxy) is 1. The van der Waals surface area contributed by atoms with Gasteiger partial charge >= 0.3 is 5.63 Å². The Morgan fingerprint density at radius 3 is 2.39 bits per heavy atom. The van der Waals surface area contributed by atoms with Crippen molar-refractivity contribution in [1.82, 2.24) is 20.1 Å². The summed E-state index contributed by atoms with van der Waals surface area (Å²) in [4.78, 5) is 47.9. The van der Waals surface area contributed by atoms with Crippen LogP contribution in [0.5, 0.6) is 0 Å². The Balaban J connectivity index is 1.36. The van der Waals surface area contributed by atoms with E-state index in [0.29, 0.717) is 53.7 Å². The number of nitrogens with zero attached hydrogens (tertiary/aromatic N) is 3. The molecule has 0 radical (unpaired) electrons. The van der Waals surface area contributed by atoms with Crippen molar-refractivity contribution in [3.8, 4) is 0 Å². The van der Waals surface area contributed by atoms with Crippen LogP contribution in [-0.2, 0) is 33.8 Å². The quantitative estimate of drug-likeness (QED) is 0.249. The number of aromatic nitrogens is 1. The number of carbonyl (C=O) groups is 2. The van der Waals surface area contributed by atoms with E-state index >= 15 is 0 Å². The monoisotopic (exact) mass is 661 g/mol. The van der Waals surface area contributed by atoms with Gasteiger partial charge in [-0.2, -0.15) is 4.98 Å². The summed E-state index contributed by atoms with van der Waals surface area (Å²) < 4.78 is 11.6. The highest BCUT2D eigenvalue weighted by atomic mass is 79.9. The van der Waals surface area contributed by atoms with Crippen LogP contribution < -0.4 is 16.3 Å². The highest BCUT2D eigenvalue weighted by Crippen LogP contribution is 2.28. The Labute approximate surface area is 264 Å². The van der Waals surface area contributed by atoms with Gasteiger partial charge in [0.25, 0.3) is 6.01 Å². The molecule has 2 N–H and O–H groups in total. The maximum atomic E-state index is 13.7. The molecule has 1 aromatic heterocycles. The third-order valence-corrected chi connectivity index (χ3v) is 8.30. The second-order valence-electron chi connectivity index (χ2n) is 10.9. The van der Waals surface area contributed by atoms with E-state index in [1.807, 2.05) is 78.6 Å². The van der Waals surface area contributed by atoms with Gasteiger partial charge in [-0.3, -0.25) is 14.5 Å². The van der Waals surface area contributed by atoms with Crippen molar-refractivity contribution in [3.63, 3.8) is 0 Å². The van der Waals surface area contributed by atoms with Gasteiger partial charge in [0.05, 0.1) is 30.7 Å². The third-order valence-electron chi connectivity index (χ3n) is 7.69. The lowest BCUT2D eigenvalue weighted by atomic mass is 10.0. The fourth-order valence-corrected chi connectivity index (χ4v) is 5.83. The number of benzene rings is 3. The summed E-state index contributed by atoms with van der Waals surface area (Å²) in [5.41, 5.74) is 3.22. The zero-order chi connectivity index (χ0) is 31.1. The third kappa shape index (κ3) is 7.90. The zero-order valence-corrected chi connectivity index (χ0v) is 26.4. The summed E-state index contributed by atoms with van der Waals surface area (Å²) >= 11 is 3.57. The second-order valence-corrected chi connectivity index (χ2v) is 11.8. The van der Waals surface area contributed by atoms with Gasteiger partial charge in [0.1, 0.15) is 6.04 Å². The molecule has 4 aromatic rings. The van der Waals surface area contributed by atoms with E-state index < -0.39 is 11.7 Å². The number of carbonyl (C=O) groups excluding carboxylic acids is 2. The molecule has 5 rings (SSSR count). The standard InChI is InChI=1S/C33H36BrN5O5/c1-22-25(19-35-28(40)21-39-13-15-43-16-14-39)18-26(34)30-29(22)32(42)44-33(37-30)36-27(17-23-9-5-3-6-10-23)31(41)38(2)20-24-11-7-4-8-12-24/h3-12,18,27H,13-17,19-21H2,1-2H3,(H,35,40)(H,36,37). The first-order chi connectivity index (χ1) is 21.3. The van der Waals surface area contributed by atoms with Crippen LogP contribution >= 0.6 is 15.9 Å². The highest BCUT2D eigenvalue weighted by molar-refractivity contribution is 9.10. The Kier molecular flexibility index (Phi) is 10.4. The van der Waals surface area contributed by atoms with Gasteiger partial charge < -0.3 is 24.7 Å². The molecular weight excluding hydrogens is 626 g/mol. The van der Waals surface area contributed by atoms with E-state index in [2.05, 4.69) is 31.5 Å². The van der Waals surface area contributed by atoms with Gasteiger partial charge in [0.15, 0.2) is 0 Å². The first-order valence-corrected chi connectivity index (χ1v) is 15.4. The van der Waals surface area contributed by atoms with Gasteiger partial charge in [0, 0.05) is 44.1 Å². The minimum atomic E-state index is -0.736. The van der Waals surface area contributed by atoms with Crippen molar-refractivity contribution in [2.24, 2.45) is 0 Å². The van der Waals surface area contributed by atoms with E-state index in [4.69, 9.17) is 9.15 Å². The number of hydrogen-bond donors (Lipinski definition) is 2. The van der Waals surface area contributed by atoms with Crippen molar-refractivity contribution in [2.45, 2.75) is 32.5 Å². The number of morpholine rings is 1. The number of likely N-dealkylation sites (N-methyl/N-ethyl adjacent to an activating group) is 1. The van der Waals surface area contributed by atoms with Crippen LogP contribution in [-0.4, -0.2) is 72.5 Å². The number of nitrogens with one attached hydrogen (secondary N) is 2. The summed E-state index contributed by atoms with van der Waals surface area (Å²) in [7, 11) is 1.75. The molecule has 3 aromatic carbocycles. The largest absolute Gasteiger partial charge is 0.389 e. The Morgan fingerprint density at radius 2 is 1.70 bits per heavy atom. The topological polar surface area (TPSA) is 117 Å². The van der Waals surface area contributed by atoms with Crippen LogP contribution in [0.4, 0.5) is 6.01 Å². The molecule has 1 atom stereocenters. The van der Waals surface area contributed by atoms with Crippen LogP contribution in [0, 0.1) is 6.92 Å². The van der Waals surface area contributed by atoms with Crippen molar-refractivity contribution in [2.75, 3.05) is 45.2 Å². The number of aryl methyl sites for hydroxylation is 1. The van der Waals surface area contributed by atoms with Crippen LogP contribution in [0.15, 0.2) is 80.4 Å². The predicted molar refractivity (Wildman–Crippen MR) is 172 cm³/mol. The van der Waals surface area contributed by atoms with Crippen LogP contribution in [0.25, 0.3) is 10.9 Å². The molecule has 1 aliphatic heterocycles. The minimum Gasteiger partial charge on any atom is -0.389 e. The number of hydrogen-bond acceptors (Lipinski definition) is 8. The number of halogens is 1. The Morgan fingerprint density at radius 1 is 1.05 bits per heavy atom. The van der Waals surface area contributed by atoms with Crippen molar-refractivity contribution in [1.29, 1.82) is 0 Å². The van der Waals surface area contributed by atoms with Gasteiger partial charge in [-0.1, -0.05) is 60.7 Å². The average molecular weight is 663 g/mol. The summed E-state index contributed by atoms with van der Waals surface area (Å²) in [5, 5.41) is 6.37.